The van der Waals surface area contributed by atoms with E-state index in [4.69, 9.17) is 0 Å². The summed E-state index contributed by atoms with van der Waals surface area (Å²) in [6.45, 7) is 8.74. The molecule has 4 rings (SSSR count). The van der Waals surface area contributed by atoms with Crippen molar-refractivity contribution in [3.8, 4) is 0 Å². The predicted octanol–water partition coefficient (Wildman–Crippen LogP) is 3.02. The first-order valence-electron chi connectivity index (χ1n) is 9.16. The van der Waals surface area contributed by atoms with E-state index < -0.39 is 6.10 Å². The SMILES string of the molecule is C=C1[C@@H](C)C[C@@H](O)[C@@]2(C)[C@H]1CC[C@H]1C3=C(C(=O)CC3)[C@H](O)C[C@@H]12. The number of hydrogen-bond acceptors (Lipinski definition) is 3. The molecule has 4 aliphatic rings. The van der Waals surface area contributed by atoms with Gasteiger partial charge in [-0.2, -0.15) is 0 Å². The van der Waals surface area contributed by atoms with Crippen molar-refractivity contribution in [2.45, 2.75) is 64.6 Å². The Morgan fingerprint density at radius 2 is 1.91 bits per heavy atom. The fourth-order valence-electron chi connectivity index (χ4n) is 6.37. The van der Waals surface area contributed by atoms with Gasteiger partial charge in [-0.25, -0.2) is 0 Å². The second-order valence-corrected chi connectivity index (χ2v) is 8.55. The number of aliphatic hydroxyl groups is 2. The molecule has 3 nitrogen and oxygen atoms in total. The van der Waals surface area contributed by atoms with Crippen LogP contribution < -0.4 is 0 Å². The number of Topliss-reactive ketones (excluding diaryl/α,β-unsaturated/α-hetero) is 1. The molecule has 23 heavy (non-hydrogen) atoms. The molecule has 2 saturated carbocycles. The van der Waals surface area contributed by atoms with Crippen LogP contribution in [0.25, 0.3) is 0 Å². The highest BCUT2D eigenvalue weighted by atomic mass is 16.3. The molecule has 0 aromatic rings. The molecular formula is C20H28O3. The first kappa shape index (κ1) is 15.6. The summed E-state index contributed by atoms with van der Waals surface area (Å²) in [7, 11) is 0. The third-order valence-corrected chi connectivity index (χ3v) is 7.70. The second kappa shape index (κ2) is 5.03. The van der Waals surface area contributed by atoms with Gasteiger partial charge < -0.3 is 10.2 Å². The van der Waals surface area contributed by atoms with Gasteiger partial charge in [-0.05, 0) is 55.8 Å². The van der Waals surface area contributed by atoms with E-state index in [2.05, 4.69) is 20.4 Å². The summed E-state index contributed by atoms with van der Waals surface area (Å²) in [5.74, 6) is 1.50. The van der Waals surface area contributed by atoms with Crippen LogP contribution in [0.3, 0.4) is 0 Å². The molecule has 0 radical (unpaired) electrons. The Kier molecular flexibility index (Phi) is 3.41. The van der Waals surface area contributed by atoms with E-state index >= 15 is 0 Å². The third-order valence-electron chi connectivity index (χ3n) is 7.70. The van der Waals surface area contributed by atoms with Crippen LogP contribution in [0, 0.1) is 29.1 Å². The minimum Gasteiger partial charge on any atom is -0.393 e. The molecule has 3 heteroatoms. The normalized spacial score (nSPS) is 49.7. The molecule has 0 aromatic heterocycles. The van der Waals surface area contributed by atoms with Crippen LogP contribution in [-0.4, -0.2) is 28.2 Å². The summed E-state index contributed by atoms with van der Waals surface area (Å²) in [5, 5.41) is 21.6. The van der Waals surface area contributed by atoms with Crippen LogP contribution in [0.5, 0.6) is 0 Å². The van der Waals surface area contributed by atoms with Gasteiger partial charge in [-0.15, -0.1) is 0 Å². The van der Waals surface area contributed by atoms with Gasteiger partial charge in [0, 0.05) is 17.4 Å². The van der Waals surface area contributed by atoms with E-state index in [-0.39, 0.29) is 23.2 Å². The van der Waals surface area contributed by atoms with Crippen LogP contribution in [0.2, 0.25) is 0 Å². The van der Waals surface area contributed by atoms with Crippen molar-refractivity contribution in [2.24, 2.45) is 29.1 Å². The molecule has 0 unspecified atom stereocenters. The number of carbonyl (C=O) groups excluding carboxylic acids is 1. The summed E-state index contributed by atoms with van der Waals surface area (Å²) in [6.07, 6.45) is 3.94. The predicted molar refractivity (Wildman–Crippen MR) is 88.6 cm³/mol. The van der Waals surface area contributed by atoms with E-state index in [1.807, 2.05) is 0 Å². The molecule has 2 N–H and O–H groups in total. The summed E-state index contributed by atoms with van der Waals surface area (Å²) in [6, 6.07) is 0. The second-order valence-electron chi connectivity index (χ2n) is 8.55. The lowest BCUT2D eigenvalue weighted by atomic mass is 9.46. The summed E-state index contributed by atoms with van der Waals surface area (Å²) >= 11 is 0. The smallest absolute Gasteiger partial charge is 0.161 e. The zero-order chi connectivity index (χ0) is 16.5. The molecule has 0 bridgehead atoms. The Balaban J connectivity index is 1.77. The molecule has 7 atom stereocenters. The van der Waals surface area contributed by atoms with Crippen LogP contribution >= 0.6 is 0 Å². The minimum absolute atomic E-state index is 0.153. The zero-order valence-electron chi connectivity index (χ0n) is 14.2. The van der Waals surface area contributed by atoms with Gasteiger partial charge in [-0.3, -0.25) is 4.79 Å². The maximum Gasteiger partial charge on any atom is 0.161 e. The molecule has 126 valence electrons. The molecule has 0 spiro atoms. The Bertz CT molecular complexity index is 604. The topological polar surface area (TPSA) is 57.5 Å². The van der Waals surface area contributed by atoms with Gasteiger partial charge in [0.05, 0.1) is 12.2 Å². The van der Waals surface area contributed by atoms with Crippen LogP contribution in [-0.2, 0) is 4.79 Å². The van der Waals surface area contributed by atoms with Crippen molar-refractivity contribution in [3.63, 3.8) is 0 Å². The quantitative estimate of drug-likeness (QED) is 0.675. The Labute approximate surface area is 138 Å². The van der Waals surface area contributed by atoms with Gasteiger partial charge in [0.2, 0.25) is 0 Å². The molecule has 0 aromatic carbocycles. The van der Waals surface area contributed by atoms with Gasteiger partial charge >= 0.3 is 0 Å². The molecule has 0 saturated heterocycles. The number of allylic oxidation sites excluding steroid dienone is 2. The van der Waals surface area contributed by atoms with Crippen molar-refractivity contribution in [1.82, 2.24) is 0 Å². The largest absolute Gasteiger partial charge is 0.393 e. The van der Waals surface area contributed by atoms with Gasteiger partial charge in [0.15, 0.2) is 5.78 Å². The monoisotopic (exact) mass is 316 g/mol. The lowest BCUT2D eigenvalue weighted by Gasteiger charge is -2.59. The number of ketones is 1. The maximum absolute atomic E-state index is 12.1. The standard InChI is InChI=1S/C20H28O3/c1-10-8-18(23)20(3)14(11(10)2)6-4-12-13-5-7-16(21)19(13)17(22)9-15(12)20/h10,12,14-15,17-18,22-23H,2,4-9H2,1,3H3/t10-,12-,14-,15-,17+,18+,20-/m0/s1. The summed E-state index contributed by atoms with van der Waals surface area (Å²) in [4.78, 5) is 12.1. The number of hydrogen-bond donors (Lipinski definition) is 2. The molecule has 0 aliphatic heterocycles. The number of aliphatic hydroxyl groups excluding tert-OH is 2. The zero-order valence-corrected chi connectivity index (χ0v) is 14.2. The fourth-order valence-corrected chi connectivity index (χ4v) is 6.37. The fraction of sp³-hybridized carbons (Fsp3) is 0.750. The maximum atomic E-state index is 12.1. The summed E-state index contributed by atoms with van der Waals surface area (Å²) < 4.78 is 0. The Morgan fingerprint density at radius 3 is 2.65 bits per heavy atom. The highest BCUT2D eigenvalue weighted by Crippen LogP contribution is 2.62. The number of rotatable bonds is 0. The van der Waals surface area contributed by atoms with Gasteiger partial charge in [0.1, 0.15) is 0 Å². The van der Waals surface area contributed by atoms with Crippen LogP contribution in [0.15, 0.2) is 23.3 Å². The van der Waals surface area contributed by atoms with E-state index in [0.717, 1.165) is 31.3 Å². The van der Waals surface area contributed by atoms with Gasteiger partial charge in [0.25, 0.3) is 0 Å². The molecule has 0 amide bonds. The first-order valence-corrected chi connectivity index (χ1v) is 9.16. The van der Waals surface area contributed by atoms with Crippen molar-refractivity contribution in [1.29, 1.82) is 0 Å². The lowest BCUT2D eigenvalue weighted by molar-refractivity contribution is -0.123. The van der Waals surface area contributed by atoms with E-state index in [1.54, 1.807) is 0 Å². The summed E-state index contributed by atoms with van der Waals surface area (Å²) in [5.41, 5.74) is 3.02. The average molecular weight is 316 g/mol. The molecular weight excluding hydrogens is 288 g/mol. The highest BCUT2D eigenvalue weighted by Gasteiger charge is 2.59. The molecule has 0 heterocycles. The Hall–Kier alpha value is -0.930. The lowest BCUT2D eigenvalue weighted by Crippen LogP contribution is -2.57. The number of carbonyl (C=O) groups is 1. The van der Waals surface area contributed by atoms with Crippen molar-refractivity contribution >= 4 is 5.78 Å². The molecule has 4 aliphatic carbocycles. The van der Waals surface area contributed by atoms with Crippen molar-refractivity contribution in [2.75, 3.05) is 0 Å². The van der Waals surface area contributed by atoms with E-state index in [1.165, 1.54) is 11.1 Å². The Morgan fingerprint density at radius 1 is 1.17 bits per heavy atom. The highest BCUT2D eigenvalue weighted by molar-refractivity contribution is 6.00. The van der Waals surface area contributed by atoms with Crippen LogP contribution in [0.4, 0.5) is 0 Å². The van der Waals surface area contributed by atoms with E-state index in [9.17, 15) is 15.0 Å². The first-order chi connectivity index (χ1) is 10.9. The van der Waals surface area contributed by atoms with Crippen molar-refractivity contribution in [3.05, 3.63) is 23.3 Å². The van der Waals surface area contributed by atoms with Crippen molar-refractivity contribution < 1.29 is 15.0 Å². The average Bonchev–Trinajstić information content (AvgIpc) is 2.89. The molecule has 2 fully saturated rings. The number of fused-ring (bicyclic) bond motifs is 4. The van der Waals surface area contributed by atoms with E-state index in [0.29, 0.717) is 30.6 Å². The third kappa shape index (κ3) is 1.93. The minimum atomic E-state index is -0.628. The van der Waals surface area contributed by atoms with Gasteiger partial charge in [-0.1, -0.05) is 31.6 Å². The van der Waals surface area contributed by atoms with Crippen LogP contribution in [0.1, 0.15) is 52.4 Å².